The molecule has 6 heteroatoms. The number of halogens is 3. The Labute approximate surface area is 110 Å². The zero-order valence-corrected chi connectivity index (χ0v) is 10.8. The maximum atomic E-state index is 13.0. The van der Waals surface area contributed by atoms with Crippen LogP contribution in [0.15, 0.2) is 12.1 Å². The highest BCUT2D eigenvalue weighted by Crippen LogP contribution is 2.13. The van der Waals surface area contributed by atoms with Crippen molar-refractivity contribution in [2.75, 3.05) is 6.54 Å². The SMILES string of the molecule is CC(C)CC(N)CNC(=O)c1cc(F)c(F)c(F)c1. The zero-order chi connectivity index (χ0) is 14.6. The number of carbonyl (C=O) groups excluding carboxylic acids is 1. The number of benzene rings is 1. The van der Waals surface area contributed by atoms with Crippen molar-refractivity contribution in [3.8, 4) is 0 Å². The molecule has 1 aromatic rings. The molecule has 0 bridgehead atoms. The number of hydrogen-bond acceptors (Lipinski definition) is 2. The van der Waals surface area contributed by atoms with Crippen LogP contribution >= 0.6 is 0 Å². The lowest BCUT2D eigenvalue weighted by molar-refractivity contribution is 0.0949. The van der Waals surface area contributed by atoms with Crippen molar-refractivity contribution >= 4 is 5.91 Å². The first-order valence-electron chi connectivity index (χ1n) is 5.99. The molecule has 0 saturated heterocycles. The number of amides is 1. The van der Waals surface area contributed by atoms with Gasteiger partial charge in [-0.15, -0.1) is 0 Å². The summed E-state index contributed by atoms with van der Waals surface area (Å²) in [4.78, 5) is 11.6. The molecular weight excluding hydrogens is 257 g/mol. The van der Waals surface area contributed by atoms with E-state index in [-0.39, 0.29) is 18.2 Å². The molecule has 0 saturated carbocycles. The van der Waals surface area contributed by atoms with Crippen LogP contribution in [0.4, 0.5) is 13.2 Å². The summed E-state index contributed by atoms with van der Waals surface area (Å²) >= 11 is 0. The van der Waals surface area contributed by atoms with Crippen molar-refractivity contribution in [2.45, 2.75) is 26.3 Å². The van der Waals surface area contributed by atoms with Crippen molar-refractivity contribution in [1.82, 2.24) is 5.32 Å². The molecule has 0 aromatic heterocycles. The lowest BCUT2D eigenvalue weighted by atomic mass is 10.0. The van der Waals surface area contributed by atoms with Crippen LogP contribution in [0.3, 0.4) is 0 Å². The van der Waals surface area contributed by atoms with E-state index in [1.54, 1.807) is 0 Å². The summed E-state index contributed by atoms with van der Waals surface area (Å²) in [6.45, 7) is 4.18. The molecule has 0 aliphatic rings. The minimum atomic E-state index is -1.59. The first-order valence-corrected chi connectivity index (χ1v) is 5.99. The highest BCUT2D eigenvalue weighted by atomic mass is 19.2. The highest BCUT2D eigenvalue weighted by Gasteiger charge is 2.15. The molecule has 0 heterocycles. The number of rotatable bonds is 5. The minimum absolute atomic E-state index is 0.192. The minimum Gasteiger partial charge on any atom is -0.350 e. The number of hydrogen-bond donors (Lipinski definition) is 2. The second kappa shape index (κ2) is 6.56. The van der Waals surface area contributed by atoms with Gasteiger partial charge in [0.05, 0.1) is 0 Å². The quantitative estimate of drug-likeness (QED) is 0.809. The van der Waals surface area contributed by atoms with E-state index < -0.39 is 23.4 Å². The largest absolute Gasteiger partial charge is 0.350 e. The van der Waals surface area contributed by atoms with Crippen LogP contribution in [0.2, 0.25) is 0 Å². The summed E-state index contributed by atoms with van der Waals surface area (Å²) in [5, 5.41) is 2.46. The molecule has 0 spiro atoms. The van der Waals surface area contributed by atoms with Gasteiger partial charge in [0, 0.05) is 18.2 Å². The second-order valence-electron chi connectivity index (χ2n) is 4.85. The van der Waals surface area contributed by atoms with Crippen molar-refractivity contribution in [1.29, 1.82) is 0 Å². The monoisotopic (exact) mass is 274 g/mol. The van der Waals surface area contributed by atoms with E-state index in [0.29, 0.717) is 24.5 Å². The molecule has 0 fully saturated rings. The summed E-state index contributed by atoms with van der Waals surface area (Å²) in [6.07, 6.45) is 0.715. The zero-order valence-electron chi connectivity index (χ0n) is 10.8. The maximum Gasteiger partial charge on any atom is 0.251 e. The van der Waals surface area contributed by atoms with E-state index in [0.717, 1.165) is 0 Å². The Kier molecular flexibility index (Phi) is 5.35. The fourth-order valence-electron chi connectivity index (χ4n) is 1.70. The molecule has 106 valence electrons. The molecule has 1 rings (SSSR count). The molecule has 1 unspecified atom stereocenters. The first kappa shape index (κ1) is 15.5. The Balaban J connectivity index is 2.64. The van der Waals surface area contributed by atoms with Gasteiger partial charge in [-0.2, -0.15) is 0 Å². The summed E-state index contributed by atoms with van der Waals surface area (Å²) in [6, 6.07) is 1.07. The van der Waals surface area contributed by atoms with Crippen LogP contribution in [-0.2, 0) is 0 Å². The normalized spacial score (nSPS) is 12.6. The van der Waals surface area contributed by atoms with Crippen molar-refractivity contribution in [3.05, 3.63) is 35.1 Å². The Morgan fingerprint density at radius 3 is 2.26 bits per heavy atom. The van der Waals surface area contributed by atoms with Crippen LogP contribution in [0.25, 0.3) is 0 Å². The fourth-order valence-corrected chi connectivity index (χ4v) is 1.70. The van der Waals surface area contributed by atoms with Gasteiger partial charge in [-0.25, -0.2) is 13.2 Å². The molecule has 3 nitrogen and oxygen atoms in total. The molecule has 1 atom stereocenters. The van der Waals surface area contributed by atoms with E-state index in [1.165, 1.54) is 0 Å². The van der Waals surface area contributed by atoms with Crippen molar-refractivity contribution in [2.24, 2.45) is 11.7 Å². The average Bonchev–Trinajstić information content (AvgIpc) is 2.31. The number of carbonyl (C=O) groups is 1. The predicted octanol–water partition coefficient (Wildman–Crippen LogP) is 2.21. The number of nitrogens with two attached hydrogens (primary N) is 1. The van der Waals surface area contributed by atoms with Crippen LogP contribution in [0.5, 0.6) is 0 Å². The molecule has 0 aliphatic carbocycles. The van der Waals surface area contributed by atoms with Crippen molar-refractivity contribution < 1.29 is 18.0 Å². The molecule has 1 amide bonds. The first-order chi connectivity index (χ1) is 8.81. The Morgan fingerprint density at radius 2 is 1.79 bits per heavy atom. The van der Waals surface area contributed by atoms with Gasteiger partial charge < -0.3 is 11.1 Å². The number of nitrogens with one attached hydrogen (secondary N) is 1. The molecule has 19 heavy (non-hydrogen) atoms. The van der Waals surface area contributed by atoms with Crippen LogP contribution in [-0.4, -0.2) is 18.5 Å². The predicted molar refractivity (Wildman–Crippen MR) is 66.1 cm³/mol. The molecule has 0 radical (unpaired) electrons. The summed E-state index contributed by atoms with van der Waals surface area (Å²) < 4.78 is 38.6. The van der Waals surface area contributed by atoms with Gasteiger partial charge in [-0.05, 0) is 24.5 Å². The van der Waals surface area contributed by atoms with Gasteiger partial charge in [-0.1, -0.05) is 13.8 Å². The van der Waals surface area contributed by atoms with Crippen LogP contribution in [0.1, 0.15) is 30.6 Å². The standard InChI is InChI=1S/C13H17F3N2O/c1-7(2)3-9(17)6-18-13(19)8-4-10(14)12(16)11(15)5-8/h4-5,7,9H,3,6,17H2,1-2H3,(H,18,19). The molecular formula is C13H17F3N2O. The van der Waals surface area contributed by atoms with Crippen LogP contribution in [0, 0.1) is 23.4 Å². The summed E-state index contributed by atoms with van der Waals surface area (Å²) in [5.41, 5.74) is 5.49. The smallest absolute Gasteiger partial charge is 0.251 e. The van der Waals surface area contributed by atoms with Gasteiger partial charge in [0.25, 0.3) is 5.91 Å². The van der Waals surface area contributed by atoms with Gasteiger partial charge in [0.2, 0.25) is 0 Å². The van der Waals surface area contributed by atoms with Crippen molar-refractivity contribution in [3.63, 3.8) is 0 Å². The second-order valence-corrected chi connectivity index (χ2v) is 4.85. The Bertz CT molecular complexity index is 440. The lowest BCUT2D eigenvalue weighted by Crippen LogP contribution is -2.38. The topological polar surface area (TPSA) is 55.1 Å². The van der Waals surface area contributed by atoms with E-state index >= 15 is 0 Å². The van der Waals surface area contributed by atoms with E-state index in [4.69, 9.17) is 5.73 Å². The van der Waals surface area contributed by atoms with Gasteiger partial charge in [0.1, 0.15) is 0 Å². The van der Waals surface area contributed by atoms with Gasteiger partial charge in [-0.3, -0.25) is 4.79 Å². The third-order valence-electron chi connectivity index (χ3n) is 2.54. The summed E-state index contributed by atoms with van der Waals surface area (Å²) in [5.74, 6) is -4.68. The lowest BCUT2D eigenvalue weighted by Gasteiger charge is -2.14. The molecule has 1 aromatic carbocycles. The van der Waals surface area contributed by atoms with Crippen LogP contribution < -0.4 is 11.1 Å². The molecule has 0 aliphatic heterocycles. The summed E-state index contributed by atoms with van der Waals surface area (Å²) in [7, 11) is 0. The van der Waals surface area contributed by atoms with E-state index in [2.05, 4.69) is 5.32 Å². The highest BCUT2D eigenvalue weighted by molar-refractivity contribution is 5.94. The maximum absolute atomic E-state index is 13.0. The average molecular weight is 274 g/mol. The van der Waals surface area contributed by atoms with E-state index in [9.17, 15) is 18.0 Å². The third kappa shape index (κ3) is 4.55. The molecule has 3 N–H and O–H groups in total. The van der Waals surface area contributed by atoms with Gasteiger partial charge in [0.15, 0.2) is 17.5 Å². The fraction of sp³-hybridized carbons (Fsp3) is 0.462. The Morgan fingerprint density at radius 1 is 1.26 bits per heavy atom. The van der Waals surface area contributed by atoms with E-state index in [1.807, 2.05) is 13.8 Å². The van der Waals surface area contributed by atoms with Gasteiger partial charge >= 0.3 is 0 Å². The Hall–Kier alpha value is -1.56. The third-order valence-corrected chi connectivity index (χ3v) is 2.54.